The molecule has 3 saturated heterocycles. The Balaban J connectivity index is 1.42. The van der Waals surface area contributed by atoms with Crippen LogP contribution in [0.5, 0.6) is 0 Å². The minimum atomic E-state index is -0.444. The molecule has 0 saturated carbocycles. The minimum Gasteiger partial charge on any atom is -0.377 e. The van der Waals surface area contributed by atoms with Crippen LogP contribution in [0.4, 0.5) is 0 Å². The van der Waals surface area contributed by atoms with Crippen molar-refractivity contribution in [3.63, 3.8) is 0 Å². The zero-order valence-corrected chi connectivity index (χ0v) is 22.2. The first-order valence-corrected chi connectivity index (χ1v) is 13.8. The van der Waals surface area contributed by atoms with Crippen LogP contribution >= 0.6 is 0 Å². The summed E-state index contributed by atoms with van der Waals surface area (Å²) in [5, 5.41) is 3.33. The van der Waals surface area contributed by atoms with Crippen molar-refractivity contribution in [1.82, 2.24) is 20.0 Å². The summed E-state index contributed by atoms with van der Waals surface area (Å²) in [4.78, 5) is 33.8. The summed E-state index contributed by atoms with van der Waals surface area (Å²) in [5.41, 5.74) is 4.31. The van der Waals surface area contributed by atoms with Gasteiger partial charge in [0.2, 0.25) is 5.91 Å². The molecule has 0 spiro atoms. The van der Waals surface area contributed by atoms with E-state index in [-0.39, 0.29) is 24.0 Å². The topological polar surface area (TPSA) is 65.1 Å². The van der Waals surface area contributed by atoms with Gasteiger partial charge in [-0.05, 0) is 56.4 Å². The van der Waals surface area contributed by atoms with Crippen LogP contribution in [0, 0.1) is 13.8 Å². The molecule has 2 aromatic rings. The van der Waals surface area contributed by atoms with Gasteiger partial charge < -0.3 is 19.9 Å². The van der Waals surface area contributed by atoms with E-state index in [0.29, 0.717) is 31.6 Å². The molecule has 37 heavy (non-hydrogen) atoms. The molecule has 0 bridgehead atoms. The predicted octanol–water partition coefficient (Wildman–Crippen LogP) is 3.00. The van der Waals surface area contributed by atoms with E-state index in [1.54, 1.807) is 0 Å². The number of aryl methyl sites for hydroxylation is 2. The molecule has 3 aliphatic rings. The summed E-state index contributed by atoms with van der Waals surface area (Å²) in [6.07, 6.45) is 3.01. The third-order valence-corrected chi connectivity index (χ3v) is 8.17. The van der Waals surface area contributed by atoms with Crippen LogP contribution in [0.1, 0.15) is 46.3 Å². The number of hydrogen-bond acceptors (Lipinski definition) is 5. The van der Waals surface area contributed by atoms with Crippen molar-refractivity contribution in [1.29, 1.82) is 0 Å². The number of nitrogens with zero attached hydrogens (tertiary/aromatic N) is 3. The van der Waals surface area contributed by atoms with E-state index in [2.05, 4.69) is 41.4 Å². The third kappa shape index (κ3) is 6.06. The Labute approximate surface area is 220 Å². The lowest BCUT2D eigenvalue weighted by Gasteiger charge is -2.32. The second-order valence-electron chi connectivity index (χ2n) is 10.8. The molecule has 3 fully saturated rings. The number of nitrogens with one attached hydrogen (secondary N) is 1. The van der Waals surface area contributed by atoms with Gasteiger partial charge in [0.15, 0.2) is 0 Å². The fraction of sp³-hybridized carbons (Fsp3) is 0.533. The second kappa shape index (κ2) is 11.8. The van der Waals surface area contributed by atoms with Gasteiger partial charge in [0.25, 0.3) is 5.91 Å². The largest absolute Gasteiger partial charge is 0.377 e. The van der Waals surface area contributed by atoms with Crippen molar-refractivity contribution in [2.45, 2.75) is 57.8 Å². The summed E-state index contributed by atoms with van der Waals surface area (Å²) in [7, 11) is 0. The van der Waals surface area contributed by atoms with E-state index in [0.717, 1.165) is 51.2 Å². The molecule has 3 unspecified atom stereocenters. The molecule has 3 atom stereocenters. The van der Waals surface area contributed by atoms with E-state index >= 15 is 0 Å². The maximum atomic E-state index is 13.8. The average Bonchev–Trinajstić information content (AvgIpc) is 3.60. The van der Waals surface area contributed by atoms with Gasteiger partial charge in [0.1, 0.15) is 6.04 Å². The van der Waals surface area contributed by atoms with Gasteiger partial charge in [-0.2, -0.15) is 0 Å². The van der Waals surface area contributed by atoms with Gasteiger partial charge >= 0.3 is 0 Å². The zero-order valence-electron chi connectivity index (χ0n) is 22.2. The standard InChI is InChI=1S/C30H40N4O3/c1-22-9-11-24(12-10-22)29(35)34-20-26(18-28(34)30(36)32-15-13-31-14-16-32)33(21-27-8-5-17-37-27)19-25-7-4-3-6-23(25)2/h3-4,6-7,9-12,26-28,31H,5,8,13-21H2,1-2H3. The molecule has 5 rings (SSSR count). The zero-order chi connectivity index (χ0) is 25.8. The Morgan fingerprint density at radius 2 is 1.81 bits per heavy atom. The molecule has 7 nitrogen and oxygen atoms in total. The predicted molar refractivity (Wildman–Crippen MR) is 144 cm³/mol. The SMILES string of the molecule is Cc1ccc(C(=O)N2CC(N(Cc3ccccc3C)CC3CCCO3)CC2C(=O)N2CCNCC2)cc1. The van der Waals surface area contributed by atoms with Crippen molar-refractivity contribution in [3.8, 4) is 0 Å². The lowest BCUT2D eigenvalue weighted by Crippen LogP contribution is -2.53. The quantitative estimate of drug-likeness (QED) is 0.628. The fourth-order valence-electron chi connectivity index (χ4n) is 5.89. The number of hydrogen-bond donors (Lipinski definition) is 1. The van der Waals surface area contributed by atoms with Gasteiger partial charge in [-0.25, -0.2) is 0 Å². The monoisotopic (exact) mass is 504 g/mol. The third-order valence-electron chi connectivity index (χ3n) is 8.17. The lowest BCUT2D eigenvalue weighted by molar-refractivity contribution is -0.135. The van der Waals surface area contributed by atoms with Crippen molar-refractivity contribution in [2.24, 2.45) is 0 Å². The highest BCUT2D eigenvalue weighted by Gasteiger charge is 2.44. The number of ether oxygens (including phenoxy) is 1. The van der Waals surface area contributed by atoms with E-state index in [9.17, 15) is 9.59 Å². The molecule has 2 aromatic carbocycles. The highest BCUT2D eigenvalue weighted by Crippen LogP contribution is 2.29. The van der Waals surface area contributed by atoms with Gasteiger partial charge in [0, 0.05) is 64.0 Å². The second-order valence-corrected chi connectivity index (χ2v) is 10.8. The molecule has 2 amide bonds. The highest BCUT2D eigenvalue weighted by atomic mass is 16.5. The van der Waals surface area contributed by atoms with Crippen LogP contribution in [-0.2, 0) is 16.1 Å². The van der Waals surface area contributed by atoms with E-state index in [4.69, 9.17) is 4.74 Å². The number of carbonyl (C=O) groups excluding carboxylic acids is 2. The van der Waals surface area contributed by atoms with E-state index < -0.39 is 6.04 Å². The number of benzene rings is 2. The lowest BCUT2D eigenvalue weighted by atomic mass is 10.0. The number of piperazine rings is 1. The highest BCUT2D eigenvalue weighted by molar-refractivity contribution is 5.98. The Bertz CT molecular complexity index is 1080. The maximum absolute atomic E-state index is 13.8. The first-order chi connectivity index (χ1) is 18.0. The summed E-state index contributed by atoms with van der Waals surface area (Å²) >= 11 is 0. The van der Waals surface area contributed by atoms with Crippen molar-refractivity contribution in [3.05, 3.63) is 70.8 Å². The molecule has 3 heterocycles. The van der Waals surface area contributed by atoms with Crippen LogP contribution < -0.4 is 5.32 Å². The Morgan fingerprint density at radius 3 is 2.51 bits per heavy atom. The van der Waals surface area contributed by atoms with E-state index in [1.807, 2.05) is 41.0 Å². The smallest absolute Gasteiger partial charge is 0.254 e. The molecule has 0 aromatic heterocycles. The fourth-order valence-corrected chi connectivity index (χ4v) is 5.89. The molecule has 1 N–H and O–H groups in total. The Morgan fingerprint density at radius 1 is 1.05 bits per heavy atom. The van der Waals surface area contributed by atoms with Crippen LogP contribution in [0.15, 0.2) is 48.5 Å². The van der Waals surface area contributed by atoms with Crippen LogP contribution in [-0.4, -0.2) is 90.6 Å². The van der Waals surface area contributed by atoms with Gasteiger partial charge in [-0.15, -0.1) is 0 Å². The van der Waals surface area contributed by atoms with Crippen molar-refractivity contribution < 1.29 is 14.3 Å². The Kier molecular flexibility index (Phi) is 8.23. The average molecular weight is 505 g/mol. The molecular weight excluding hydrogens is 464 g/mol. The first-order valence-electron chi connectivity index (χ1n) is 13.8. The first kappa shape index (κ1) is 25.9. The van der Waals surface area contributed by atoms with Crippen LogP contribution in [0.3, 0.4) is 0 Å². The number of carbonyl (C=O) groups is 2. The van der Waals surface area contributed by atoms with Crippen LogP contribution in [0.25, 0.3) is 0 Å². The van der Waals surface area contributed by atoms with Crippen LogP contribution in [0.2, 0.25) is 0 Å². The van der Waals surface area contributed by atoms with Gasteiger partial charge in [0.05, 0.1) is 6.10 Å². The molecule has 0 aliphatic carbocycles. The number of amides is 2. The summed E-state index contributed by atoms with van der Waals surface area (Å²) in [6, 6.07) is 15.9. The van der Waals surface area contributed by atoms with Gasteiger partial charge in [-0.3, -0.25) is 14.5 Å². The molecule has 7 heteroatoms. The molecule has 3 aliphatic heterocycles. The normalized spacial score (nSPS) is 24.1. The molecular formula is C30H40N4O3. The number of likely N-dealkylation sites (tertiary alicyclic amines) is 1. The molecule has 198 valence electrons. The van der Waals surface area contributed by atoms with E-state index in [1.165, 1.54) is 11.1 Å². The number of rotatable bonds is 7. The Hall–Kier alpha value is -2.74. The minimum absolute atomic E-state index is 0.0519. The molecule has 0 radical (unpaired) electrons. The summed E-state index contributed by atoms with van der Waals surface area (Å²) < 4.78 is 6.03. The summed E-state index contributed by atoms with van der Waals surface area (Å²) in [5.74, 6) is 0.0290. The van der Waals surface area contributed by atoms with Crippen molar-refractivity contribution in [2.75, 3.05) is 45.9 Å². The maximum Gasteiger partial charge on any atom is 0.254 e. The van der Waals surface area contributed by atoms with Crippen molar-refractivity contribution >= 4 is 11.8 Å². The summed E-state index contributed by atoms with van der Waals surface area (Å²) in [6.45, 7) is 10.1. The van der Waals surface area contributed by atoms with Gasteiger partial charge in [-0.1, -0.05) is 42.0 Å².